The molecule has 0 aromatic heterocycles. The molecule has 0 aromatic carbocycles. The van der Waals surface area contributed by atoms with Crippen molar-refractivity contribution in [3.8, 4) is 0 Å². The maximum Gasteiger partial charge on any atom is 0.102 e. The minimum absolute atomic E-state index is 0.0764. The van der Waals surface area contributed by atoms with Crippen molar-refractivity contribution in [2.45, 2.75) is 0 Å². The fourth-order valence-electron chi connectivity index (χ4n) is 1.07. The number of quaternary nitrogens is 1. The van der Waals surface area contributed by atoms with Crippen LogP contribution in [0.15, 0.2) is 0 Å². The number of aliphatic hydroxyl groups excluding tert-OH is 2. The molecular formula is C10H24NO4+. The standard InChI is InChI=1S/C10H24NO4/c1-11(2,3-7-14-9-5-12)4-8-15-10-6-13/h12-13H,3-10H2,1-2H3/q+1. The smallest absolute Gasteiger partial charge is 0.102 e. The largest absolute Gasteiger partial charge is 0.394 e. The Morgan fingerprint density at radius 3 is 1.53 bits per heavy atom. The fraction of sp³-hybridized carbons (Fsp3) is 1.00. The monoisotopic (exact) mass is 222 g/mol. The van der Waals surface area contributed by atoms with Gasteiger partial charge in [0.05, 0.1) is 53.7 Å². The number of nitrogens with zero attached hydrogens (tertiary/aromatic N) is 1. The van der Waals surface area contributed by atoms with Crippen LogP contribution in [-0.4, -0.2) is 81.5 Å². The Morgan fingerprint density at radius 1 is 0.800 bits per heavy atom. The van der Waals surface area contributed by atoms with Gasteiger partial charge in [0.2, 0.25) is 0 Å². The third kappa shape index (κ3) is 10.1. The van der Waals surface area contributed by atoms with Crippen molar-refractivity contribution >= 4 is 0 Å². The molecule has 0 atom stereocenters. The van der Waals surface area contributed by atoms with E-state index < -0.39 is 0 Å². The lowest BCUT2D eigenvalue weighted by atomic mass is 10.4. The maximum absolute atomic E-state index is 8.52. The second kappa shape index (κ2) is 9.06. The van der Waals surface area contributed by atoms with Crippen molar-refractivity contribution in [2.75, 3.05) is 66.8 Å². The molecule has 0 amide bonds. The first-order valence-corrected chi connectivity index (χ1v) is 5.31. The lowest BCUT2D eigenvalue weighted by Crippen LogP contribution is -2.44. The van der Waals surface area contributed by atoms with Gasteiger partial charge in [-0.1, -0.05) is 0 Å². The summed E-state index contributed by atoms with van der Waals surface area (Å²) < 4.78 is 11.2. The normalized spacial score (nSPS) is 12.0. The molecule has 92 valence electrons. The molecule has 0 radical (unpaired) electrons. The van der Waals surface area contributed by atoms with Crippen LogP contribution in [0.25, 0.3) is 0 Å². The Hall–Kier alpha value is -0.200. The summed E-state index contributed by atoms with van der Waals surface area (Å²) in [4.78, 5) is 0. The minimum Gasteiger partial charge on any atom is -0.394 e. The van der Waals surface area contributed by atoms with Gasteiger partial charge in [0.15, 0.2) is 0 Å². The summed E-state index contributed by atoms with van der Waals surface area (Å²) in [5, 5.41) is 17.0. The Labute approximate surface area is 91.8 Å². The van der Waals surface area contributed by atoms with Gasteiger partial charge in [0, 0.05) is 0 Å². The molecule has 0 unspecified atom stereocenters. The summed E-state index contributed by atoms with van der Waals surface area (Å²) in [5.41, 5.74) is 0. The van der Waals surface area contributed by atoms with Gasteiger partial charge >= 0.3 is 0 Å². The van der Waals surface area contributed by atoms with Crippen LogP contribution in [0.1, 0.15) is 0 Å². The van der Waals surface area contributed by atoms with Crippen LogP contribution in [0.2, 0.25) is 0 Å². The van der Waals surface area contributed by atoms with E-state index in [1.807, 2.05) is 0 Å². The molecule has 0 aliphatic rings. The van der Waals surface area contributed by atoms with Gasteiger partial charge in [-0.15, -0.1) is 0 Å². The van der Waals surface area contributed by atoms with E-state index in [0.29, 0.717) is 26.4 Å². The molecule has 0 saturated carbocycles. The van der Waals surface area contributed by atoms with E-state index in [-0.39, 0.29) is 13.2 Å². The van der Waals surface area contributed by atoms with Crippen LogP contribution < -0.4 is 0 Å². The Balaban J connectivity index is 3.40. The van der Waals surface area contributed by atoms with E-state index in [1.54, 1.807) is 0 Å². The quantitative estimate of drug-likeness (QED) is 0.371. The van der Waals surface area contributed by atoms with Crippen LogP contribution in [0.3, 0.4) is 0 Å². The first-order chi connectivity index (χ1) is 7.12. The summed E-state index contributed by atoms with van der Waals surface area (Å²) in [7, 11) is 4.20. The zero-order valence-corrected chi connectivity index (χ0v) is 9.81. The van der Waals surface area contributed by atoms with Crippen LogP contribution in [0, 0.1) is 0 Å². The highest BCUT2D eigenvalue weighted by molar-refractivity contribution is 4.36. The van der Waals surface area contributed by atoms with Crippen LogP contribution in [-0.2, 0) is 9.47 Å². The third-order valence-corrected chi connectivity index (χ3v) is 2.15. The zero-order chi connectivity index (χ0) is 11.6. The number of rotatable bonds is 10. The molecule has 0 aliphatic heterocycles. The van der Waals surface area contributed by atoms with Crippen LogP contribution in [0.5, 0.6) is 0 Å². The van der Waals surface area contributed by atoms with Crippen molar-refractivity contribution in [1.29, 1.82) is 0 Å². The third-order valence-electron chi connectivity index (χ3n) is 2.15. The van der Waals surface area contributed by atoms with Gasteiger partial charge in [0.25, 0.3) is 0 Å². The molecule has 0 spiro atoms. The summed E-state index contributed by atoms with van der Waals surface area (Å²) in [6.45, 7) is 4.04. The number of ether oxygens (including phenoxy) is 2. The van der Waals surface area contributed by atoms with Crippen molar-refractivity contribution in [1.82, 2.24) is 0 Å². The Morgan fingerprint density at radius 2 is 1.20 bits per heavy atom. The summed E-state index contributed by atoms with van der Waals surface area (Å²) in [6.07, 6.45) is 0. The highest BCUT2D eigenvalue weighted by atomic mass is 16.5. The average Bonchev–Trinajstić information content (AvgIpc) is 2.20. The second-order valence-electron chi connectivity index (χ2n) is 4.05. The van der Waals surface area contributed by atoms with E-state index in [9.17, 15) is 0 Å². The van der Waals surface area contributed by atoms with E-state index in [1.165, 1.54) is 0 Å². The first-order valence-electron chi connectivity index (χ1n) is 5.31. The minimum atomic E-state index is 0.0764. The molecule has 0 aromatic rings. The van der Waals surface area contributed by atoms with Crippen molar-refractivity contribution in [3.05, 3.63) is 0 Å². The summed E-state index contributed by atoms with van der Waals surface area (Å²) in [6, 6.07) is 0. The maximum atomic E-state index is 8.52. The van der Waals surface area contributed by atoms with Crippen molar-refractivity contribution < 1.29 is 24.2 Å². The molecule has 0 bridgehead atoms. The van der Waals surface area contributed by atoms with Gasteiger partial charge in [-0.25, -0.2) is 0 Å². The zero-order valence-electron chi connectivity index (χ0n) is 9.81. The molecule has 0 saturated heterocycles. The van der Waals surface area contributed by atoms with E-state index >= 15 is 0 Å². The van der Waals surface area contributed by atoms with E-state index in [2.05, 4.69) is 14.1 Å². The number of aliphatic hydroxyl groups is 2. The topological polar surface area (TPSA) is 58.9 Å². The molecular weight excluding hydrogens is 198 g/mol. The molecule has 0 heterocycles. The summed E-state index contributed by atoms with van der Waals surface area (Å²) in [5.74, 6) is 0. The molecule has 5 nitrogen and oxygen atoms in total. The highest BCUT2D eigenvalue weighted by Gasteiger charge is 2.13. The number of hydrogen-bond donors (Lipinski definition) is 2. The molecule has 0 rings (SSSR count). The highest BCUT2D eigenvalue weighted by Crippen LogP contribution is 1.96. The van der Waals surface area contributed by atoms with Crippen LogP contribution in [0.4, 0.5) is 0 Å². The SMILES string of the molecule is C[N+](C)(CCOCCO)CCOCCO. The summed E-state index contributed by atoms with van der Waals surface area (Å²) >= 11 is 0. The van der Waals surface area contributed by atoms with Gasteiger partial charge in [-0.05, 0) is 0 Å². The molecule has 2 N–H and O–H groups in total. The fourth-order valence-corrected chi connectivity index (χ4v) is 1.07. The second-order valence-corrected chi connectivity index (χ2v) is 4.05. The average molecular weight is 222 g/mol. The lowest BCUT2D eigenvalue weighted by molar-refractivity contribution is -0.891. The Kier molecular flexibility index (Phi) is 8.94. The Bertz CT molecular complexity index is 127. The lowest BCUT2D eigenvalue weighted by Gasteiger charge is -2.29. The van der Waals surface area contributed by atoms with Crippen LogP contribution >= 0.6 is 0 Å². The molecule has 0 fully saturated rings. The van der Waals surface area contributed by atoms with Gasteiger partial charge in [-0.3, -0.25) is 0 Å². The van der Waals surface area contributed by atoms with E-state index in [4.69, 9.17) is 19.7 Å². The molecule has 15 heavy (non-hydrogen) atoms. The number of hydrogen-bond acceptors (Lipinski definition) is 4. The molecule has 0 aliphatic carbocycles. The van der Waals surface area contributed by atoms with Gasteiger partial charge in [0.1, 0.15) is 13.1 Å². The predicted octanol–water partition coefficient (Wildman–Crippen LogP) is -0.919. The molecule has 5 heteroatoms. The first kappa shape index (κ1) is 14.8. The van der Waals surface area contributed by atoms with Crippen molar-refractivity contribution in [2.24, 2.45) is 0 Å². The van der Waals surface area contributed by atoms with E-state index in [0.717, 1.165) is 17.6 Å². The van der Waals surface area contributed by atoms with Gasteiger partial charge < -0.3 is 24.2 Å². The van der Waals surface area contributed by atoms with Gasteiger partial charge in [-0.2, -0.15) is 0 Å². The number of likely N-dealkylation sites (N-methyl/N-ethyl adjacent to an activating group) is 1. The predicted molar refractivity (Wildman–Crippen MR) is 57.7 cm³/mol. The van der Waals surface area contributed by atoms with Crippen molar-refractivity contribution in [3.63, 3.8) is 0 Å².